The molecule has 2 fully saturated rings. The quantitative estimate of drug-likeness (QED) is 0.679. The van der Waals surface area contributed by atoms with Crippen LogP contribution in [0.1, 0.15) is 29.8 Å². The summed E-state index contributed by atoms with van der Waals surface area (Å²) in [7, 11) is -3.65. The van der Waals surface area contributed by atoms with Crippen LogP contribution in [0.5, 0.6) is 0 Å². The number of hydrogen-bond donors (Lipinski definition) is 1. The summed E-state index contributed by atoms with van der Waals surface area (Å²) in [5, 5.41) is 2.91. The van der Waals surface area contributed by atoms with Gasteiger partial charge in [-0.15, -0.1) is 0 Å². The summed E-state index contributed by atoms with van der Waals surface area (Å²) >= 11 is 0. The normalized spacial score (nSPS) is 22.2. The van der Waals surface area contributed by atoms with E-state index in [4.69, 9.17) is 9.47 Å². The SMILES string of the molecule is CC1CN(S(=O)(=O)c2ccc(C(=O)NCc3cccnc3N3CCOCC3)cc2)CC(C)O1. The molecule has 0 spiro atoms. The molecule has 2 aliphatic rings. The van der Waals surface area contributed by atoms with Gasteiger partial charge in [0.1, 0.15) is 5.82 Å². The standard InChI is InChI=1S/C23H30N4O5S/c1-17-15-27(16-18(2)32-17)33(29,30)21-7-5-19(6-8-21)23(28)25-14-20-4-3-9-24-22(20)26-10-12-31-13-11-26/h3-9,17-18H,10-16H2,1-2H3,(H,25,28). The number of ether oxygens (including phenoxy) is 2. The third-order valence-electron chi connectivity index (χ3n) is 5.76. The van der Waals surface area contributed by atoms with E-state index < -0.39 is 10.0 Å². The molecule has 2 unspecified atom stereocenters. The fourth-order valence-corrected chi connectivity index (χ4v) is 5.75. The maximum Gasteiger partial charge on any atom is 0.251 e. The summed E-state index contributed by atoms with van der Waals surface area (Å²) in [5.74, 6) is 0.570. The number of aromatic nitrogens is 1. The van der Waals surface area contributed by atoms with Crippen molar-refractivity contribution in [2.45, 2.75) is 37.5 Å². The van der Waals surface area contributed by atoms with Crippen LogP contribution in [0.25, 0.3) is 0 Å². The predicted molar refractivity (Wildman–Crippen MR) is 124 cm³/mol. The van der Waals surface area contributed by atoms with Gasteiger partial charge in [-0.25, -0.2) is 13.4 Å². The Balaban J connectivity index is 1.41. The van der Waals surface area contributed by atoms with Gasteiger partial charge >= 0.3 is 0 Å². The van der Waals surface area contributed by atoms with Crippen LogP contribution in [0, 0.1) is 0 Å². The topological polar surface area (TPSA) is 101 Å². The van der Waals surface area contributed by atoms with E-state index in [1.54, 1.807) is 18.3 Å². The van der Waals surface area contributed by atoms with E-state index >= 15 is 0 Å². The first-order valence-corrected chi connectivity index (χ1v) is 12.6. The van der Waals surface area contributed by atoms with Crippen molar-refractivity contribution in [2.75, 3.05) is 44.3 Å². The summed E-state index contributed by atoms with van der Waals surface area (Å²) < 4.78 is 38.5. The molecule has 0 radical (unpaired) electrons. The van der Waals surface area contributed by atoms with Crippen LogP contribution in [0.15, 0.2) is 47.5 Å². The number of sulfonamides is 1. The molecule has 1 aromatic heterocycles. The van der Waals surface area contributed by atoms with E-state index in [-0.39, 0.29) is 23.0 Å². The average Bonchev–Trinajstić information content (AvgIpc) is 2.83. The highest BCUT2D eigenvalue weighted by Gasteiger charge is 2.32. The number of hydrogen-bond acceptors (Lipinski definition) is 7. The van der Waals surface area contributed by atoms with Crippen LogP contribution >= 0.6 is 0 Å². The first-order chi connectivity index (χ1) is 15.8. The van der Waals surface area contributed by atoms with Crippen molar-refractivity contribution in [2.24, 2.45) is 0 Å². The van der Waals surface area contributed by atoms with Crippen molar-refractivity contribution in [1.29, 1.82) is 0 Å². The van der Waals surface area contributed by atoms with Gasteiger partial charge in [-0.05, 0) is 44.2 Å². The minimum Gasteiger partial charge on any atom is -0.378 e. The van der Waals surface area contributed by atoms with E-state index in [1.165, 1.54) is 16.4 Å². The lowest BCUT2D eigenvalue weighted by atomic mass is 10.2. The van der Waals surface area contributed by atoms with Gasteiger partial charge in [0.2, 0.25) is 10.0 Å². The molecule has 2 aliphatic heterocycles. The minimum absolute atomic E-state index is 0.164. The molecule has 10 heteroatoms. The number of pyridine rings is 1. The molecule has 2 atom stereocenters. The third-order valence-corrected chi connectivity index (χ3v) is 7.60. The average molecular weight is 475 g/mol. The number of carbonyl (C=O) groups excluding carboxylic acids is 1. The van der Waals surface area contributed by atoms with Crippen LogP contribution in [0.4, 0.5) is 5.82 Å². The Bertz CT molecular complexity index is 1060. The van der Waals surface area contributed by atoms with Crippen LogP contribution in [-0.4, -0.2) is 75.2 Å². The molecule has 0 aliphatic carbocycles. The van der Waals surface area contributed by atoms with Gasteiger partial charge in [-0.3, -0.25) is 4.79 Å². The lowest BCUT2D eigenvalue weighted by Gasteiger charge is -2.34. The van der Waals surface area contributed by atoms with E-state index in [2.05, 4.69) is 15.2 Å². The second-order valence-electron chi connectivity index (χ2n) is 8.37. The summed E-state index contributed by atoms with van der Waals surface area (Å²) in [6.07, 6.45) is 1.41. The summed E-state index contributed by atoms with van der Waals surface area (Å²) in [6.45, 7) is 7.49. The highest BCUT2D eigenvalue weighted by atomic mass is 32.2. The molecule has 2 aromatic rings. The molecule has 1 amide bonds. The summed E-state index contributed by atoms with van der Waals surface area (Å²) in [5.41, 5.74) is 1.32. The minimum atomic E-state index is -3.65. The van der Waals surface area contributed by atoms with Crippen LogP contribution in [0.3, 0.4) is 0 Å². The molecule has 1 N–H and O–H groups in total. The zero-order chi connectivity index (χ0) is 23.4. The summed E-state index contributed by atoms with van der Waals surface area (Å²) in [6, 6.07) is 9.84. The van der Waals surface area contributed by atoms with Crippen molar-refractivity contribution in [1.82, 2.24) is 14.6 Å². The molecule has 9 nitrogen and oxygen atoms in total. The second kappa shape index (κ2) is 10.2. The van der Waals surface area contributed by atoms with Crippen molar-refractivity contribution >= 4 is 21.7 Å². The molecular formula is C23H30N4O5S. The molecule has 178 valence electrons. The Morgan fingerprint density at radius 3 is 2.42 bits per heavy atom. The van der Waals surface area contributed by atoms with Crippen LogP contribution < -0.4 is 10.2 Å². The highest BCUT2D eigenvalue weighted by Crippen LogP contribution is 2.22. The largest absolute Gasteiger partial charge is 0.378 e. The first-order valence-electron chi connectivity index (χ1n) is 11.1. The van der Waals surface area contributed by atoms with Gasteiger partial charge in [0.15, 0.2) is 0 Å². The first kappa shape index (κ1) is 23.6. The molecule has 0 saturated carbocycles. The van der Waals surface area contributed by atoms with E-state index in [0.29, 0.717) is 38.4 Å². The smallest absolute Gasteiger partial charge is 0.251 e. The van der Waals surface area contributed by atoms with Gasteiger partial charge in [0, 0.05) is 50.0 Å². The second-order valence-corrected chi connectivity index (χ2v) is 10.3. The number of nitrogens with zero attached hydrogens (tertiary/aromatic N) is 3. The fourth-order valence-electron chi connectivity index (χ4n) is 4.16. The lowest BCUT2D eigenvalue weighted by Crippen LogP contribution is -2.48. The predicted octanol–water partition coefficient (Wildman–Crippen LogP) is 1.65. The number of nitrogens with one attached hydrogen (secondary N) is 1. The Morgan fingerprint density at radius 2 is 1.76 bits per heavy atom. The van der Waals surface area contributed by atoms with Gasteiger partial charge in [-0.2, -0.15) is 4.31 Å². The number of rotatable bonds is 6. The number of morpholine rings is 2. The monoisotopic (exact) mass is 474 g/mol. The Hall–Kier alpha value is -2.53. The van der Waals surface area contributed by atoms with E-state index in [9.17, 15) is 13.2 Å². The van der Waals surface area contributed by atoms with Crippen LogP contribution in [-0.2, 0) is 26.0 Å². The lowest BCUT2D eigenvalue weighted by molar-refractivity contribution is -0.0440. The van der Waals surface area contributed by atoms with Gasteiger partial charge in [0.05, 0.1) is 30.3 Å². The van der Waals surface area contributed by atoms with E-state index in [0.717, 1.165) is 24.5 Å². The molecular weight excluding hydrogens is 444 g/mol. The molecule has 1 aromatic carbocycles. The van der Waals surface area contributed by atoms with Crippen molar-refractivity contribution in [3.05, 3.63) is 53.7 Å². The number of benzene rings is 1. The number of carbonyl (C=O) groups is 1. The zero-order valence-corrected chi connectivity index (χ0v) is 19.8. The Morgan fingerprint density at radius 1 is 1.09 bits per heavy atom. The van der Waals surface area contributed by atoms with Crippen molar-refractivity contribution in [3.63, 3.8) is 0 Å². The molecule has 3 heterocycles. The van der Waals surface area contributed by atoms with E-state index in [1.807, 2.05) is 26.0 Å². The number of anilines is 1. The summed E-state index contributed by atoms with van der Waals surface area (Å²) in [4.78, 5) is 19.5. The van der Waals surface area contributed by atoms with Crippen LogP contribution in [0.2, 0.25) is 0 Å². The Labute approximate surface area is 194 Å². The van der Waals surface area contributed by atoms with Gasteiger partial charge in [-0.1, -0.05) is 6.07 Å². The Kier molecular flexibility index (Phi) is 7.28. The molecule has 2 saturated heterocycles. The highest BCUT2D eigenvalue weighted by molar-refractivity contribution is 7.89. The van der Waals surface area contributed by atoms with Gasteiger partial charge < -0.3 is 19.7 Å². The van der Waals surface area contributed by atoms with Crippen molar-refractivity contribution in [3.8, 4) is 0 Å². The fraction of sp³-hybridized carbons (Fsp3) is 0.478. The maximum atomic E-state index is 13.0. The molecule has 4 rings (SSSR count). The van der Waals surface area contributed by atoms with Crippen molar-refractivity contribution < 1.29 is 22.7 Å². The van der Waals surface area contributed by atoms with Gasteiger partial charge in [0.25, 0.3) is 5.91 Å². The third kappa shape index (κ3) is 5.52. The number of amides is 1. The molecule has 33 heavy (non-hydrogen) atoms. The maximum absolute atomic E-state index is 13.0. The molecule has 0 bridgehead atoms. The zero-order valence-electron chi connectivity index (χ0n) is 18.9.